The predicted octanol–water partition coefficient (Wildman–Crippen LogP) is -0.265. The van der Waals surface area contributed by atoms with E-state index in [1.807, 2.05) is 0 Å². The Morgan fingerprint density at radius 2 is 0.882 bits per heavy atom. The third-order valence-electron chi connectivity index (χ3n) is 1.31. The van der Waals surface area contributed by atoms with Gasteiger partial charge in [-0.05, 0) is 12.8 Å². The van der Waals surface area contributed by atoms with Crippen LogP contribution in [0.2, 0.25) is 0 Å². The molecule has 0 amide bonds. The van der Waals surface area contributed by atoms with Gasteiger partial charge in [0.05, 0.1) is 0 Å². The van der Waals surface area contributed by atoms with Gasteiger partial charge >= 0.3 is 17.1 Å². The predicted molar refractivity (Wildman–Crippen MR) is 57.9 cm³/mol. The summed E-state index contributed by atoms with van der Waals surface area (Å²) in [5.74, 6) is 0. The van der Waals surface area contributed by atoms with Crippen LogP contribution in [0.5, 0.6) is 0 Å². The Morgan fingerprint density at radius 1 is 0.706 bits per heavy atom. The van der Waals surface area contributed by atoms with Crippen LogP contribution in [0.25, 0.3) is 0 Å². The molecule has 0 aliphatic heterocycles. The third-order valence-corrected chi connectivity index (χ3v) is 1.31. The molecule has 0 saturated carbocycles. The van der Waals surface area contributed by atoms with Gasteiger partial charge in [-0.25, -0.2) is 0 Å². The normalized spacial score (nSPS) is 11.8. The molecule has 0 N–H and O–H groups in total. The molecule has 2 aliphatic rings. The average molecular weight is 278 g/mol. The Kier molecular flexibility index (Phi) is 29.2. The van der Waals surface area contributed by atoms with Gasteiger partial charge in [-0.15, -0.1) is 0 Å². The smallest absolute Gasteiger partial charge is 0.554 e. The van der Waals surface area contributed by atoms with Gasteiger partial charge in [0.25, 0.3) is 0 Å². The SMILES string of the molecule is C1=CCC=C1.C1=CCC=C1.O=C[O-].O=C[O-].[Fe+2]. The first kappa shape index (κ1) is 20.8. The molecule has 4 nitrogen and oxygen atoms in total. The van der Waals surface area contributed by atoms with Crippen LogP contribution in [0.4, 0.5) is 0 Å². The summed E-state index contributed by atoms with van der Waals surface area (Å²) in [6.07, 6.45) is 19.0. The molecule has 5 heteroatoms. The van der Waals surface area contributed by atoms with Crippen LogP contribution < -0.4 is 10.2 Å². The molecule has 0 unspecified atom stereocenters. The van der Waals surface area contributed by atoms with Crippen molar-refractivity contribution in [1.82, 2.24) is 0 Å². The minimum Gasteiger partial charge on any atom is -0.554 e. The Bertz CT molecular complexity index is 220. The maximum absolute atomic E-state index is 8.25. The second kappa shape index (κ2) is 23.9. The molecule has 0 atom stereocenters. The van der Waals surface area contributed by atoms with E-state index in [9.17, 15) is 0 Å². The number of rotatable bonds is 0. The number of allylic oxidation sites excluding steroid dienone is 8. The quantitative estimate of drug-likeness (QED) is 0.451. The van der Waals surface area contributed by atoms with E-state index in [0.717, 1.165) is 12.8 Å². The number of carbonyl (C=O) groups excluding carboxylic acids is 2. The van der Waals surface area contributed by atoms with Crippen molar-refractivity contribution >= 4 is 12.9 Å². The van der Waals surface area contributed by atoms with E-state index >= 15 is 0 Å². The van der Waals surface area contributed by atoms with Gasteiger partial charge in [-0.3, -0.25) is 0 Å². The summed E-state index contributed by atoms with van der Waals surface area (Å²) in [5, 5.41) is 16.5. The van der Waals surface area contributed by atoms with Crippen molar-refractivity contribution in [3.63, 3.8) is 0 Å². The Balaban J connectivity index is -0.000000157. The van der Waals surface area contributed by atoms with Crippen molar-refractivity contribution in [3.05, 3.63) is 48.6 Å². The van der Waals surface area contributed by atoms with Crippen molar-refractivity contribution in [2.24, 2.45) is 0 Å². The van der Waals surface area contributed by atoms with E-state index in [2.05, 4.69) is 48.6 Å². The zero-order valence-electron chi connectivity index (χ0n) is 9.17. The van der Waals surface area contributed by atoms with Gasteiger partial charge in [-0.1, -0.05) is 48.6 Å². The number of hydrogen-bond acceptors (Lipinski definition) is 4. The molecule has 2 rings (SSSR count). The van der Waals surface area contributed by atoms with Crippen LogP contribution in [0.1, 0.15) is 12.8 Å². The molecule has 0 aromatic carbocycles. The van der Waals surface area contributed by atoms with Crippen LogP contribution >= 0.6 is 0 Å². The standard InChI is InChI=1S/2C5H6.2CH2O2.Fe/c2*1-2-4-5-3-1;2*2-1-3;/h2*1-4H,5H2;2*1H,(H,2,3);/q;;;;+2/p-2. The maximum atomic E-state index is 8.25. The number of carboxylic acid groups (broad SMARTS) is 2. The molecule has 0 saturated heterocycles. The van der Waals surface area contributed by atoms with Gasteiger partial charge in [0.2, 0.25) is 0 Å². The Labute approximate surface area is 112 Å². The van der Waals surface area contributed by atoms with Crippen LogP contribution in [0.3, 0.4) is 0 Å². The van der Waals surface area contributed by atoms with Crippen molar-refractivity contribution in [2.75, 3.05) is 0 Å². The van der Waals surface area contributed by atoms with Crippen molar-refractivity contribution in [3.8, 4) is 0 Å². The number of hydrogen-bond donors (Lipinski definition) is 0. The Hall–Kier alpha value is -1.58. The van der Waals surface area contributed by atoms with Crippen LogP contribution in [-0.4, -0.2) is 12.9 Å². The third kappa shape index (κ3) is 31.4. The molecular formula is C12H14FeO4. The first-order valence-corrected chi connectivity index (χ1v) is 4.58. The Morgan fingerprint density at radius 3 is 0.941 bits per heavy atom. The van der Waals surface area contributed by atoms with Crippen LogP contribution in [0, 0.1) is 0 Å². The van der Waals surface area contributed by atoms with Gasteiger partial charge in [0.15, 0.2) is 0 Å². The molecule has 0 aromatic heterocycles. The average Bonchev–Trinajstić information content (AvgIpc) is 3.00. The molecule has 0 radical (unpaired) electrons. The first-order valence-electron chi connectivity index (χ1n) is 4.58. The van der Waals surface area contributed by atoms with E-state index in [-0.39, 0.29) is 17.1 Å². The summed E-state index contributed by atoms with van der Waals surface area (Å²) < 4.78 is 0. The van der Waals surface area contributed by atoms with Crippen molar-refractivity contribution in [2.45, 2.75) is 12.8 Å². The van der Waals surface area contributed by atoms with Gasteiger partial charge in [0, 0.05) is 12.9 Å². The topological polar surface area (TPSA) is 80.3 Å². The molecule has 0 spiro atoms. The zero-order chi connectivity index (χ0) is 12.5. The van der Waals surface area contributed by atoms with E-state index in [1.165, 1.54) is 0 Å². The van der Waals surface area contributed by atoms with Crippen LogP contribution in [-0.2, 0) is 26.7 Å². The van der Waals surface area contributed by atoms with Crippen molar-refractivity contribution < 1.29 is 36.9 Å². The summed E-state index contributed by atoms with van der Waals surface area (Å²) >= 11 is 0. The largest absolute Gasteiger partial charge is 2.00 e. The van der Waals surface area contributed by atoms with E-state index in [1.54, 1.807) is 0 Å². The van der Waals surface area contributed by atoms with E-state index in [0.29, 0.717) is 0 Å². The molecular weight excluding hydrogens is 264 g/mol. The molecule has 2 aliphatic carbocycles. The zero-order valence-corrected chi connectivity index (χ0v) is 10.3. The molecule has 0 bridgehead atoms. The molecule has 17 heavy (non-hydrogen) atoms. The first-order chi connectivity index (χ1) is 7.83. The summed E-state index contributed by atoms with van der Waals surface area (Å²) in [6, 6.07) is 0. The summed E-state index contributed by atoms with van der Waals surface area (Å²) in [5.41, 5.74) is 0. The summed E-state index contributed by atoms with van der Waals surface area (Å²) in [7, 11) is 0. The van der Waals surface area contributed by atoms with Gasteiger partial charge in [0.1, 0.15) is 0 Å². The molecule has 0 fully saturated rings. The van der Waals surface area contributed by atoms with Crippen LogP contribution in [0.15, 0.2) is 48.6 Å². The summed E-state index contributed by atoms with van der Waals surface area (Å²) in [4.78, 5) is 16.5. The minimum atomic E-state index is -0.500. The monoisotopic (exact) mass is 278 g/mol. The van der Waals surface area contributed by atoms with Crippen molar-refractivity contribution in [1.29, 1.82) is 0 Å². The van der Waals surface area contributed by atoms with E-state index < -0.39 is 12.9 Å². The second-order valence-electron chi connectivity index (χ2n) is 2.38. The fraction of sp³-hybridized carbons (Fsp3) is 0.167. The fourth-order valence-corrected chi connectivity index (χ4v) is 0.786. The van der Waals surface area contributed by atoms with Gasteiger partial charge < -0.3 is 19.8 Å². The number of carbonyl (C=O) groups is 2. The van der Waals surface area contributed by atoms with Gasteiger partial charge in [-0.2, -0.15) is 0 Å². The molecule has 0 heterocycles. The second-order valence-corrected chi connectivity index (χ2v) is 2.38. The molecule has 0 aromatic rings. The fourth-order valence-electron chi connectivity index (χ4n) is 0.786. The summed E-state index contributed by atoms with van der Waals surface area (Å²) in [6.45, 7) is -1.00. The molecule has 94 valence electrons. The maximum Gasteiger partial charge on any atom is 2.00 e. The minimum absolute atomic E-state index is 0. The van der Waals surface area contributed by atoms with E-state index in [4.69, 9.17) is 19.8 Å².